The van der Waals surface area contributed by atoms with Crippen molar-refractivity contribution >= 4 is 0 Å². The largest absolute Gasteiger partial charge is 0.396 e. The summed E-state index contributed by atoms with van der Waals surface area (Å²) in [7, 11) is 0. The fourth-order valence-electron chi connectivity index (χ4n) is 2.47. The first-order valence-corrected chi connectivity index (χ1v) is 6.91. The first-order valence-electron chi connectivity index (χ1n) is 6.91. The van der Waals surface area contributed by atoms with E-state index in [0.717, 1.165) is 12.5 Å². The number of nitrogens with one attached hydrogen (secondary N) is 1. The van der Waals surface area contributed by atoms with Gasteiger partial charge in [0.15, 0.2) is 0 Å². The highest BCUT2D eigenvalue weighted by Gasteiger charge is 2.21. The van der Waals surface area contributed by atoms with Gasteiger partial charge in [0.2, 0.25) is 0 Å². The summed E-state index contributed by atoms with van der Waals surface area (Å²) < 4.78 is 0. The van der Waals surface area contributed by atoms with Gasteiger partial charge in [0.1, 0.15) is 0 Å². The van der Waals surface area contributed by atoms with Crippen molar-refractivity contribution in [2.45, 2.75) is 65.3 Å². The predicted octanol–water partition coefficient (Wildman–Crippen LogP) is 2.95. The van der Waals surface area contributed by atoms with E-state index in [1.165, 1.54) is 38.5 Å². The van der Waals surface area contributed by atoms with Gasteiger partial charge in [-0.25, -0.2) is 0 Å². The molecule has 1 aliphatic carbocycles. The summed E-state index contributed by atoms with van der Waals surface area (Å²) in [4.78, 5) is 0. The lowest BCUT2D eigenvalue weighted by Gasteiger charge is -2.26. The van der Waals surface area contributed by atoms with Gasteiger partial charge in [-0.15, -0.1) is 0 Å². The highest BCUT2D eigenvalue weighted by Crippen LogP contribution is 2.26. The Balaban J connectivity index is 2.27. The summed E-state index contributed by atoms with van der Waals surface area (Å²) in [6, 6.07) is 0.683. The van der Waals surface area contributed by atoms with Crippen LogP contribution in [0.5, 0.6) is 0 Å². The van der Waals surface area contributed by atoms with Crippen LogP contribution in [0.1, 0.15) is 59.3 Å². The molecule has 1 aliphatic rings. The lowest BCUT2D eigenvalue weighted by atomic mass is 9.94. The zero-order valence-corrected chi connectivity index (χ0v) is 11.3. The SMILES string of the molecule is CCC1CCCC(NCC(C)(C)CO)CC1. The Labute approximate surface area is 101 Å². The molecule has 2 heteroatoms. The van der Waals surface area contributed by atoms with Gasteiger partial charge in [-0.1, -0.05) is 40.0 Å². The maximum atomic E-state index is 9.22. The lowest BCUT2D eigenvalue weighted by molar-refractivity contribution is 0.152. The van der Waals surface area contributed by atoms with Crippen molar-refractivity contribution in [2.75, 3.05) is 13.2 Å². The third-order valence-electron chi connectivity index (χ3n) is 3.96. The van der Waals surface area contributed by atoms with Gasteiger partial charge < -0.3 is 10.4 Å². The second-order valence-electron chi connectivity index (χ2n) is 6.18. The number of hydrogen-bond donors (Lipinski definition) is 2. The molecule has 1 rings (SSSR count). The Kier molecular flexibility index (Phi) is 5.77. The second kappa shape index (κ2) is 6.61. The fourth-order valence-corrected chi connectivity index (χ4v) is 2.47. The molecule has 0 heterocycles. The minimum Gasteiger partial charge on any atom is -0.396 e. The smallest absolute Gasteiger partial charge is 0.0494 e. The van der Waals surface area contributed by atoms with E-state index in [1.54, 1.807) is 0 Å². The molecule has 0 saturated heterocycles. The van der Waals surface area contributed by atoms with Crippen LogP contribution < -0.4 is 5.32 Å². The normalized spacial score (nSPS) is 27.8. The standard InChI is InChI=1S/C14H29NO/c1-4-12-6-5-7-13(9-8-12)15-10-14(2,3)11-16/h12-13,15-16H,4-11H2,1-3H3. The lowest BCUT2D eigenvalue weighted by Crippen LogP contribution is -2.38. The van der Waals surface area contributed by atoms with Gasteiger partial charge in [-0.3, -0.25) is 0 Å². The van der Waals surface area contributed by atoms with Gasteiger partial charge in [0.25, 0.3) is 0 Å². The van der Waals surface area contributed by atoms with Crippen molar-refractivity contribution in [2.24, 2.45) is 11.3 Å². The van der Waals surface area contributed by atoms with Crippen molar-refractivity contribution in [1.29, 1.82) is 0 Å². The monoisotopic (exact) mass is 227 g/mol. The number of hydrogen-bond acceptors (Lipinski definition) is 2. The summed E-state index contributed by atoms with van der Waals surface area (Å²) in [6.07, 6.45) is 8.15. The summed E-state index contributed by atoms with van der Waals surface area (Å²) in [5, 5.41) is 12.9. The molecular formula is C14H29NO. The summed E-state index contributed by atoms with van der Waals surface area (Å²) in [5.41, 5.74) is 0.0243. The van der Waals surface area contributed by atoms with E-state index < -0.39 is 0 Å². The van der Waals surface area contributed by atoms with Crippen molar-refractivity contribution in [1.82, 2.24) is 5.32 Å². The van der Waals surface area contributed by atoms with Gasteiger partial charge in [0, 0.05) is 24.6 Å². The van der Waals surface area contributed by atoms with E-state index in [9.17, 15) is 5.11 Å². The molecule has 1 saturated carbocycles. The van der Waals surface area contributed by atoms with Gasteiger partial charge in [-0.2, -0.15) is 0 Å². The molecule has 2 nitrogen and oxygen atoms in total. The number of aliphatic hydroxyl groups excluding tert-OH is 1. The highest BCUT2D eigenvalue weighted by molar-refractivity contribution is 4.78. The van der Waals surface area contributed by atoms with E-state index in [-0.39, 0.29) is 12.0 Å². The third-order valence-corrected chi connectivity index (χ3v) is 3.96. The molecule has 0 aromatic carbocycles. The minimum absolute atomic E-state index is 0.0243. The molecule has 16 heavy (non-hydrogen) atoms. The summed E-state index contributed by atoms with van der Waals surface area (Å²) in [5.74, 6) is 0.956. The number of rotatable bonds is 5. The number of aliphatic hydroxyl groups is 1. The van der Waals surface area contributed by atoms with Crippen molar-refractivity contribution in [3.05, 3.63) is 0 Å². The van der Waals surface area contributed by atoms with E-state index >= 15 is 0 Å². The van der Waals surface area contributed by atoms with Crippen LogP contribution >= 0.6 is 0 Å². The molecule has 0 aromatic rings. The Morgan fingerprint density at radius 1 is 1.19 bits per heavy atom. The quantitative estimate of drug-likeness (QED) is 0.708. The topological polar surface area (TPSA) is 32.3 Å². The Bertz CT molecular complexity index is 191. The second-order valence-corrected chi connectivity index (χ2v) is 6.18. The van der Waals surface area contributed by atoms with E-state index in [1.807, 2.05) is 0 Å². The molecule has 96 valence electrons. The van der Waals surface area contributed by atoms with Gasteiger partial charge in [-0.05, 0) is 25.2 Å². The summed E-state index contributed by atoms with van der Waals surface area (Å²) in [6.45, 7) is 7.75. The van der Waals surface area contributed by atoms with E-state index in [0.29, 0.717) is 6.04 Å². The summed E-state index contributed by atoms with van der Waals surface area (Å²) >= 11 is 0. The Hall–Kier alpha value is -0.0800. The van der Waals surface area contributed by atoms with Crippen LogP contribution in [-0.2, 0) is 0 Å². The molecule has 2 N–H and O–H groups in total. The Morgan fingerprint density at radius 2 is 1.94 bits per heavy atom. The third kappa shape index (κ3) is 4.84. The zero-order valence-electron chi connectivity index (χ0n) is 11.3. The van der Waals surface area contributed by atoms with Crippen LogP contribution in [0.15, 0.2) is 0 Å². The molecular weight excluding hydrogens is 198 g/mol. The van der Waals surface area contributed by atoms with Crippen LogP contribution in [0.4, 0.5) is 0 Å². The highest BCUT2D eigenvalue weighted by atomic mass is 16.3. The molecule has 1 fully saturated rings. The van der Waals surface area contributed by atoms with Crippen LogP contribution in [0.25, 0.3) is 0 Å². The molecule has 2 unspecified atom stereocenters. The molecule has 0 spiro atoms. The van der Waals surface area contributed by atoms with E-state index in [4.69, 9.17) is 0 Å². The van der Waals surface area contributed by atoms with Crippen molar-refractivity contribution < 1.29 is 5.11 Å². The fraction of sp³-hybridized carbons (Fsp3) is 1.00. The van der Waals surface area contributed by atoms with Gasteiger partial charge in [0.05, 0.1) is 0 Å². The van der Waals surface area contributed by atoms with Crippen LogP contribution in [0, 0.1) is 11.3 Å². The minimum atomic E-state index is 0.0243. The van der Waals surface area contributed by atoms with Crippen molar-refractivity contribution in [3.63, 3.8) is 0 Å². The molecule has 0 aliphatic heterocycles. The van der Waals surface area contributed by atoms with Gasteiger partial charge >= 0.3 is 0 Å². The van der Waals surface area contributed by atoms with Crippen LogP contribution in [-0.4, -0.2) is 24.3 Å². The first-order chi connectivity index (χ1) is 7.57. The molecule has 0 aromatic heterocycles. The first kappa shape index (κ1) is 14.0. The Morgan fingerprint density at radius 3 is 2.56 bits per heavy atom. The predicted molar refractivity (Wildman–Crippen MR) is 69.5 cm³/mol. The average Bonchev–Trinajstić information content (AvgIpc) is 2.51. The molecule has 2 atom stereocenters. The molecule has 0 amide bonds. The van der Waals surface area contributed by atoms with Crippen molar-refractivity contribution in [3.8, 4) is 0 Å². The van der Waals surface area contributed by atoms with Crippen LogP contribution in [0.3, 0.4) is 0 Å². The average molecular weight is 227 g/mol. The van der Waals surface area contributed by atoms with E-state index in [2.05, 4.69) is 26.1 Å². The maximum absolute atomic E-state index is 9.22. The maximum Gasteiger partial charge on any atom is 0.0494 e. The zero-order chi connectivity index (χ0) is 12.0. The molecule has 0 bridgehead atoms. The molecule has 0 radical (unpaired) electrons. The van der Waals surface area contributed by atoms with Crippen LogP contribution in [0.2, 0.25) is 0 Å².